The number of aromatic nitrogens is 2. The summed E-state index contributed by atoms with van der Waals surface area (Å²) in [4.78, 5) is 0. The summed E-state index contributed by atoms with van der Waals surface area (Å²) in [7, 11) is 0. The minimum absolute atomic E-state index is 0.0127. The van der Waals surface area contributed by atoms with Crippen LogP contribution in [0.25, 0.3) is 0 Å². The maximum absolute atomic E-state index is 6.47. The predicted molar refractivity (Wildman–Crippen MR) is 66.3 cm³/mol. The van der Waals surface area contributed by atoms with Gasteiger partial charge in [-0.3, -0.25) is 4.68 Å². The topological polar surface area (TPSA) is 43.8 Å². The first kappa shape index (κ1) is 11.6. The Kier molecular flexibility index (Phi) is 3.06. The van der Waals surface area contributed by atoms with E-state index in [9.17, 15) is 0 Å². The Morgan fingerprint density at radius 2 is 2.38 bits per heavy atom. The number of nitrogens with two attached hydrogens (primary N) is 1. The first-order chi connectivity index (χ1) is 7.52. The zero-order chi connectivity index (χ0) is 11.8. The highest BCUT2D eigenvalue weighted by molar-refractivity contribution is 5.13. The largest absolute Gasteiger partial charge is 0.325 e. The molecule has 1 aliphatic carbocycles. The highest BCUT2D eigenvalue weighted by Gasteiger charge is 2.34. The Labute approximate surface area is 98.0 Å². The maximum Gasteiger partial charge on any atom is 0.0596 e. The summed E-state index contributed by atoms with van der Waals surface area (Å²) in [5.74, 6) is 0.782. The van der Waals surface area contributed by atoms with Crippen molar-refractivity contribution in [3.8, 4) is 0 Å². The van der Waals surface area contributed by atoms with Crippen LogP contribution in [0, 0.1) is 12.8 Å². The molecule has 2 rings (SSSR count). The van der Waals surface area contributed by atoms with Crippen molar-refractivity contribution in [2.45, 2.75) is 58.5 Å². The zero-order valence-corrected chi connectivity index (χ0v) is 10.7. The Balaban J connectivity index is 2.14. The second kappa shape index (κ2) is 4.21. The van der Waals surface area contributed by atoms with E-state index < -0.39 is 0 Å². The average Bonchev–Trinajstić information content (AvgIpc) is 2.70. The van der Waals surface area contributed by atoms with Crippen molar-refractivity contribution < 1.29 is 0 Å². The summed E-state index contributed by atoms with van der Waals surface area (Å²) in [5, 5.41) is 4.48. The fraction of sp³-hybridized carbons (Fsp3) is 0.769. The van der Waals surface area contributed by atoms with Gasteiger partial charge in [0.15, 0.2) is 0 Å². The molecular formula is C13H23N3. The highest BCUT2D eigenvalue weighted by Crippen LogP contribution is 2.34. The van der Waals surface area contributed by atoms with Crippen LogP contribution in [0.2, 0.25) is 0 Å². The molecule has 2 N–H and O–H groups in total. The Morgan fingerprint density at radius 1 is 1.62 bits per heavy atom. The van der Waals surface area contributed by atoms with Gasteiger partial charge in [0.2, 0.25) is 0 Å². The second-order valence-electron chi connectivity index (χ2n) is 5.48. The van der Waals surface area contributed by atoms with Crippen molar-refractivity contribution in [2.75, 3.05) is 0 Å². The molecule has 0 radical (unpaired) electrons. The maximum atomic E-state index is 6.47. The molecule has 0 amide bonds. The molecule has 2 atom stereocenters. The molecule has 1 saturated carbocycles. The molecule has 1 fully saturated rings. The molecule has 1 aromatic heterocycles. The van der Waals surface area contributed by atoms with Crippen LogP contribution in [0.4, 0.5) is 0 Å². The van der Waals surface area contributed by atoms with Crippen LogP contribution in [0.3, 0.4) is 0 Å². The average molecular weight is 221 g/mol. The summed E-state index contributed by atoms with van der Waals surface area (Å²) < 4.78 is 2.09. The lowest BCUT2D eigenvalue weighted by molar-refractivity contribution is 0.404. The summed E-state index contributed by atoms with van der Waals surface area (Å²) in [5.41, 5.74) is 8.89. The number of rotatable bonds is 3. The molecule has 2 unspecified atom stereocenters. The molecule has 1 aliphatic rings. The monoisotopic (exact) mass is 221 g/mol. The van der Waals surface area contributed by atoms with Gasteiger partial charge in [0.05, 0.1) is 5.69 Å². The first-order valence-electron chi connectivity index (χ1n) is 6.34. The standard InChI is InChI=1S/C13H23N3/c1-4-16-12(7-11(3)15-16)9-13(14)6-5-10(2)8-13/h7,10H,4-6,8-9,14H2,1-3H3. The molecule has 3 heteroatoms. The fourth-order valence-electron chi connectivity index (χ4n) is 2.97. The molecule has 90 valence electrons. The van der Waals surface area contributed by atoms with Gasteiger partial charge >= 0.3 is 0 Å². The van der Waals surface area contributed by atoms with E-state index in [4.69, 9.17) is 5.73 Å². The molecular weight excluding hydrogens is 198 g/mol. The van der Waals surface area contributed by atoms with E-state index in [2.05, 4.69) is 36.6 Å². The van der Waals surface area contributed by atoms with Gasteiger partial charge in [0.1, 0.15) is 0 Å². The fourth-order valence-corrected chi connectivity index (χ4v) is 2.97. The van der Waals surface area contributed by atoms with Crippen molar-refractivity contribution in [3.05, 3.63) is 17.5 Å². The summed E-state index contributed by atoms with van der Waals surface area (Å²) in [6.07, 6.45) is 4.56. The highest BCUT2D eigenvalue weighted by atomic mass is 15.3. The van der Waals surface area contributed by atoms with E-state index in [1.165, 1.54) is 12.1 Å². The van der Waals surface area contributed by atoms with Crippen molar-refractivity contribution in [1.29, 1.82) is 0 Å². The minimum Gasteiger partial charge on any atom is -0.325 e. The second-order valence-corrected chi connectivity index (χ2v) is 5.48. The van der Waals surface area contributed by atoms with E-state index >= 15 is 0 Å². The zero-order valence-electron chi connectivity index (χ0n) is 10.7. The van der Waals surface area contributed by atoms with E-state index in [0.29, 0.717) is 0 Å². The quantitative estimate of drug-likeness (QED) is 0.851. The van der Waals surface area contributed by atoms with Gasteiger partial charge < -0.3 is 5.73 Å². The lowest BCUT2D eigenvalue weighted by atomic mass is 9.91. The normalized spacial score (nSPS) is 29.9. The number of hydrogen-bond acceptors (Lipinski definition) is 2. The van der Waals surface area contributed by atoms with Crippen LogP contribution >= 0.6 is 0 Å². The van der Waals surface area contributed by atoms with Crippen LogP contribution in [0.1, 0.15) is 44.5 Å². The van der Waals surface area contributed by atoms with Crippen LogP contribution in [-0.2, 0) is 13.0 Å². The molecule has 16 heavy (non-hydrogen) atoms. The van der Waals surface area contributed by atoms with Gasteiger partial charge in [-0.15, -0.1) is 0 Å². The van der Waals surface area contributed by atoms with Crippen molar-refractivity contribution >= 4 is 0 Å². The van der Waals surface area contributed by atoms with E-state index in [0.717, 1.165) is 37.4 Å². The van der Waals surface area contributed by atoms with Crippen LogP contribution in [0.15, 0.2) is 6.07 Å². The molecule has 0 aliphatic heterocycles. The SMILES string of the molecule is CCn1nc(C)cc1CC1(N)CCC(C)C1. The molecule has 3 nitrogen and oxygen atoms in total. The van der Waals surface area contributed by atoms with E-state index in [1.54, 1.807) is 0 Å². The summed E-state index contributed by atoms with van der Waals surface area (Å²) >= 11 is 0. The predicted octanol–water partition coefficient (Wildman–Crippen LogP) is 2.27. The lowest BCUT2D eigenvalue weighted by Crippen LogP contribution is -2.39. The van der Waals surface area contributed by atoms with Gasteiger partial charge in [-0.2, -0.15) is 5.10 Å². The Morgan fingerprint density at radius 3 is 2.94 bits per heavy atom. The van der Waals surface area contributed by atoms with Gasteiger partial charge in [-0.1, -0.05) is 6.92 Å². The third-order valence-corrected chi connectivity index (χ3v) is 3.71. The van der Waals surface area contributed by atoms with Crippen LogP contribution in [-0.4, -0.2) is 15.3 Å². The molecule has 0 aromatic carbocycles. The van der Waals surface area contributed by atoms with Crippen LogP contribution < -0.4 is 5.73 Å². The molecule has 1 aromatic rings. The lowest BCUT2D eigenvalue weighted by Gasteiger charge is -2.24. The van der Waals surface area contributed by atoms with Gasteiger partial charge in [0, 0.05) is 24.2 Å². The summed E-state index contributed by atoms with van der Waals surface area (Å²) in [6.45, 7) is 7.43. The van der Waals surface area contributed by atoms with Gasteiger partial charge in [0.25, 0.3) is 0 Å². The van der Waals surface area contributed by atoms with E-state index in [1.807, 2.05) is 0 Å². The van der Waals surface area contributed by atoms with Gasteiger partial charge in [-0.05, 0) is 45.1 Å². The molecule has 0 saturated heterocycles. The minimum atomic E-state index is 0.0127. The number of nitrogens with zero attached hydrogens (tertiary/aromatic N) is 2. The first-order valence-corrected chi connectivity index (χ1v) is 6.34. The van der Waals surface area contributed by atoms with Crippen LogP contribution in [0.5, 0.6) is 0 Å². The summed E-state index contributed by atoms with van der Waals surface area (Å²) in [6, 6.07) is 2.18. The number of hydrogen-bond donors (Lipinski definition) is 1. The van der Waals surface area contributed by atoms with Crippen molar-refractivity contribution in [3.63, 3.8) is 0 Å². The van der Waals surface area contributed by atoms with Crippen molar-refractivity contribution in [2.24, 2.45) is 11.7 Å². The third kappa shape index (κ3) is 2.29. The Bertz CT molecular complexity index is 369. The smallest absolute Gasteiger partial charge is 0.0596 e. The Hall–Kier alpha value is -0.830. The van der Waals surface area contributed by atoms with E-state index in [-0.39, 0.29) is 5.54 Å². The number of aryl methyl sites for hydroxylation is 2. The molecule has 0 bridgehead atoms. The third-order valence-electron chi connectivity index (χ3n) is 3.71. The van der Waals surface area contributed by atoms with Crippen molar-refractivity contribution in [1.82, 2.24) is 9.78 Å². The molecule has 1 heterocycles. The van der Waals surface area contributed by atoms with Gasteiger partial charge in [-0.25, -0.2) is 0 Å². The molecule has 0 spiro atoms.